The Labute approximate surface area is 102 Å². The number of aromatic nitrogens is 2. The SMILES string of the molecule is Nc1cc(C2CC2)nc(CC2CCCCO2)n1. The maximum Gasteiger partial charge on any atom is 0.133 e. The van der Waals surface area contributed by atoms with E-state index in [9.17, 15) is 0 Å². The summed E-state index contributed by atoms with van der Waals surface area (Å²) in [7, 11) is 0. The summed E-state index contributed by atoms with van der Waals surface area (Å²) >= 11 is 0. The van der Waals surface area contributed by atoms with E-state index in [0.717, 1.165) is 31.0 Å². The van der Waals surface area contributed by atoms with Crippen molar-refractivity contribution in [3.8, 4) is 0 Å². The first kappa shape index (κ1) is 11.0. The lowest BCUT2D eigenvalue weighted by Gasteiger charge is -2.22. The van der Waals surface area contributed by atoms with E-state index in [4.69, 9.17) is 10.5 Å². The van der Waals surface area contributed by atoms with E-state index in [0.29, 0.717) is 11.7 Å². The van der Waals surface area contributed by atoms with Crippen molar-refractivity contribution in [1.29, 1.82) is 0 Å². The van der Waals surface area contributed by atoms with Crippen LogP contribution < -0.4 is 5.73 Å². The first-order valence-corrected chi connectivity index (χ1v) is 6.56. The number of nitrogens with two attached hydrogens (primary N) is 1. The van der Waals surface area contributed by atoms with Crippen molar-refractivity contribution >= 4 is 5.82 Å². The van der Waals surface area contributed by atoms with Gasteiger partial charge in [-0.3, -0.25) is 0 Å². The summed E-state index contributed by atoms with van der Waals surface area (Å²) in [6.07, 6.45) is 7.15. The average molecular weight is 233 g/mol. The lowest BCUT2D eigenvalue weighted by molar-refractivity contribution is 0.0156. The second-order valence-electron chi connectivity index (χ2n) is 5.10. The highest BCUT2D eigenvalue weighted by atomic mass is 16.5. The van der Waals surface area contributed by atoms with Crippen LogP contribution in [-0.2, 0) is 11.2 Å². The van der Waals surface area contributed by atoms with Gasteiger partial charge in [-0.25, -0.2) is 9.97 Å². The van der Waals surface area contributed by atoms with Crippen LogP contribution in [0, 0.1) is 0 Å². The summed E-state index contributed by atoms with van der Waals surface area (Å²) in [5.41, 5.74) is 6.97. The van der Waals surface area contributed by atoms with E-state index in [-0.39, 0.29) is 6.10 Å². The summed E-state index contributed by atoms with van der Waals surface area (Å²) in [6.45, 7) is 0.877. The number of hydrogen-bond donors (Lipinski definition) is 1. The van der Waals surface area contributed by atoms with Crippen LogP contribution >= 0.6 is 0 Å². The topological polar surface area (TPSA) is 61.0 Å². The van der Waals surface area contributed by atoms with Crippen LogP contribution in [0.5, 0.6) is 0 Å². The lowest BCUT2D eigenvalue weighted by Crippen LogP contribution is -2.22. The molecular weight excluding hydrogens is 214 g/mol. The highest BCUT2D eigenvalue weighted by molar-refractivity contribution is 5.33. The molecule has 1 aromatic rings. The number of rotatable bonds is 3. The smallest absolute Gasteiger partial charge is 0.133 e. The number of hydrogen-bond acceptors (Lipinski definition) is 4. The van der Waals surface area contributed by atoms with Gasteiger partial charge in [-0.15, -0.1) is 0 Å². The number of nitrogen functional groups attached to an aromatic ring is 1. The highest BCUT2D eigenvalue weighted by Crippen LogP contribution is 2.39. The van der Waals surface area contributed by atoms with Crippen LogP contribution in [0.1, 0.15) is 49.5 Å². The Balaban J connectivity index is 1.72. The molecule has 92 valence electrons. The van der Waals surface area contributed by atoms with Gasteiger partial charge in [0, 0.05) is 30.7 Å². The Morgan fingerprint density at radius 3 is 2.82 bits per heavy atom. The van der Waals surface area contributed by atoms with Crippen LogP contribution in [0.3, 0.4) is 0 Å². The number of anilines is 1. The van der Waals surface area contributed by atoms with Crippen molar-refractivity contribution in [3.05, 3.63) is 17.6 Å². The van der Waals surface area contributed by atoms with Crippen molar-refractivity contribution in [2.75, 3.05) is 12.3 Å². The zero-order chi connectivity index (χ0) is 11.7. The van der Waals surface area contributed by atoms with Gasteiger partial charge in [-0.1, -0.05) is 0 Å². The van der Waals surface area contributed by atoms with E-state index < -0.39 is 0 Å². The largest absolute Gasteiger partial charge is 0.384 e. The average Bonchev–Trinajstić information content (AvgIpc) is 3.13. The van der Waals surface area contributed by atoms with E-state index in [1.54, 1.807) is 0 Å². The summed E-state index contributed by atoms with van der Waals surface area (Å²) < 4.78 is 5.72. The molecule has 4 heteroatoms. The van der Waals surface area contributed by atoms with Crippen LogP contribution in [-0.4, -0.2) is 22.7 Å². The third kappa shape index (κ3) is 2.75. The van der Waals surface area contributed by atoms with Crippen molar-refractivity contribution < 1.29 is 4.74 Å². The Bertz CT molecular complexity index is 398. The molecule has 0 amide bonds. The molecule has 1 atom stereocenters. The molecule has 3 rings (SSSR count). The lowest BCUT2D eigenvalue weighted by atomic mass is 10.1. The summed E-state index contributed by atoms with van der Waals surface area (Å²) in [4.78, 5) is 8.94. The van der Waals surface area contributed by atoms with E-state index in [1.165, 1.54) is 25.7 Å². The predicted octanol–water partition coefficient (Wildman–Crippen LogP) is 2.05. The molecule has 2 heterocycles. The van der Waals surface area contributed by atoms with Gasteiger partial charge in [0.1, 0.15) is 11.6 Å². The molecule has 17 heavy (non-hydrogen) atoms. The number of ether oxygens (including phenoxy) is 1. The van der Waals surface area contributed by atoms with E-state index in [1.807, 2.05) is 6.07 Å². The van der Waals surface area contributed by atoms with Gasteiger partial charge in [0.15, 0.2) is 0 Å². The van der Waals surface area contributed by atoms with Gasteiger partial charge >= 0.3 is 0 Å². The highest BCUT2D eigenvalue weighted by Gasteiger charge is 2.26. The zero-order valence-corrected chi connectivity index (χ0v) is 10.1. The minimum atomic E-state index is 0.289. The third-order valence-corrected chi connectivity index (χ3v) is 3.49. The van der Waals surface area contributed by atoms with Gasteiger partial charge in [-0.2, -0.15) is 0 Å². The van der Waals surface area contributed by atoms with Gasteiger partial charge in [-0.05, 0) is 32.1 Å². The predicted molar refractivity (Wildman–Crippen MR) is 65.7 cm³/mol. The normalized spacial score (nSPS) is 24.8. The first-order valence-electron chi connectivity index (χ1n) is 6.56. The Hall–Kier alpha value is -1.16. The fourth-order valence-electron chi connectivity index (χ4n) is 2.39. The monoisotopic (exact) mass is 233 g/mol. The van der Waals surface area contributed by atoms with E-state index in [2.05, 4.69) is 9.97 Å². The fourth-order valence-corrected chi connectivity index (χ4v) is 2.39. The van der Waals surface area contributed by atoms with Gasteiger partial charge in [0.05, 0.1) is 6.10 Å². The molecule has 1 saturated carbocycles. The summed E-state index contributed by atoms with van der Waals surface area (Å²) in [5.74, 6) is 2.10. The first-order chi connectivity index (χ1) is 8.31. The molecule has 2 fully saturated rings. The van der Waals surface area contributed by atoms with Crippen LogP contribution in [0.25, 0.3) is 0 Å². The van der Waals surface area contributed by atoms with E-state index >= 15 is 0 Å². The maximum absolute atomic E-state index is 5.84. The molecule has 0 aromatic carbocycles. The molecule has 1 saturated heterocycles. The quantitative estimate of drug-likeness (QED) is 0.868. The van der Waals surface area contributed by atoms with Crippen molar-refractivity contribution in [3.63, 3.8) is 0 Å². The molecule has 0 bridgehead atoms. The van der Waals surface area contributed by atoms with Crippen molar-refractivity contribution in [2.45, 2.75) is 50.5 Å². The van der Waals surface area contributed by atoms with Crippen LogP contribution in [0.4, 0.5) is 5.82 Å². The number of nitrogens with zero attached hydrogens (tertiary/aromatic N) is 2. The molecule has 2 aliphatic rings. The van der Waals surface area contributed by atoms with Crippen LogP contribution in [0.15, 0.2) is 6.07 Å². The second kappa shape index (κ2) is 4.61. The third-order valence-electron chi connectivity index (χ3n) is 3.49. The van der Waals surface area contributed by atoms with Gasteiger partial charge in [0.25, 0.3) is 0 Å². The minimum Gasteiger partial charge on any atom is -0.384 e. The molecular formula is C13H19N3O. The summed E-state index contributed by atoms with van der Waals surface area (Å²) in [5, 5.41) is 0. The maximum atomic E-state index is 5.84. The standard InChI is InChI=1S/C13H19N3O/c14-12-8-11(9-4-5-9)15-13(16-12)7-10-3-1-2-6-17-10/h8-10H,1-7H2,(H2,14,15,16). The fraction of sp³-hybridized carbons (Fsp3) is 0.692. The Morgan fingerprint density at radius 1 is 1.24 bits per heavy atom. The molecule has 2 N–H and O–H groups in total. The van der Waals surface area contributed by atoms with Gasteiger partial charge in [0.2, 0.25) is 0 Å². The molecule has 1 unspecified atom stereocenters. The van der Waals surface area contributed by atoms with Crippen molar-refractivity contribution in [1.82, 2.24) is 9.97 Å². The Morgan fingerprint density at radius 2 is 2.12 bits per heavy atom. The van der Waals surface area contributed by atoms with Crippen molar-refractivity contribution in [2.24, 2.45) is 0 Å². The van der Waals surface area contributed by atoms with Gasteiger partial charge < -0.3 is 10.5 Å². The molecule has 0 radical (unpaired) electrons. The summed E-state index contributed by atoms with van der Waals surface area (Å²) in [6, 6.07) is 1.92. The zero-order valence-electron chi connectivity index (χ0n) is 10.1. The molecule has 1 aromatic heterocycles. The molecule has 0 spiro atoms. The van der Waals surface area contributed by atoms with Crippen LogP contribution in [0.2, 0.25) is 0 Å². The molecule has 4 nitrogen and oxygen atoms in total. The molecule has 1 aliphatic heterocycles. The molecule has 1 aliphatic carbocycles. The minimum absolute atomic E-state index is 0.289. The Kier molecular flexibility index (Phi) is 2.97. The second-order valence-corrected chi connectivity index (χ2v) is 5.10.